The number of nitrogens with one attached hydrogen (secondary N) is 1. The Morgan fingerprint density at radius 3 is 2.41 bits per heavy atom. The fraction of sp³-hybridized carbons (Fsp3) is 0.190. The van der Waals surface area contributed by atoms with E-state index in [1.165, 1.54) is 0 Å². The first-order valence-electron chi connectivity index (χ1n) is 8.73. The van der Waals surface area contributed by atoms with Crippen LogP contribution in [0.4, 0.5) is 5.82 Å². The number of hydrogen-bond acceptors (Lipinski definition) is 3. The van der Waals surface area contributed by atoms with E-state index in [2.05, 4.69) is 10.4 Å². The topological polar surface area (TPSA) is 84.2 Å². The van der Waals surface area contributed by atoms with Crippen molar-refractivity contribution in [2.75, 3.05) is 5.32 Å². The second-order valence-corrected chi connectivity index (χ2v) is 6.83. The Hall–Kier alpha value is -3.41. The third-order valence-electron chi connectivity index (χ3n) is 4.94. The van der Waals surface area contributed by atoms with Gasteiger partial charge in [0, 0.05) is 17.9 Å². The van der Waals surface area contributed by atoms with Gasteiger partial charge in [-0.1, -0.05) is 29.8 Å². The van der Waals surface area contributed by atoms with Crippen LogP contribution in [0.5, 0.6) is 0 Å². The molecule has 2 N–H and O–H groups in total. The Labute approximate surface area is 156 Å². The standard InChI is InChI=1S/C21H19N3O3/c1-12-3-9-16(10-4-12)24-20-19(13(2)23-24)17(11-18(25)22-20)14-5-7-15(8-6-14)21(26)27/h3-10,17H,11H2,1-2H3,(H,22,25)(H,26,27)/t17-/m0/s1. The SMILES string of the molecule is Cc1ccc(-n2nc(C)c3c2NC(=O)C[C@H]3c2ccc(C(=O)O)cc2)cc1. The van der Waals surface area contributed by atoms with Gasteiger partial charge in [0.1, 0.15) is 5.82 Å². The number of carboxylic acids is 1. The average Bonchev–Trinajstić information content (AvgIpc) is 2.98. The van der Waals surface area contributed by atoms with Gasteiger partial charge < -0.3 is 10.4 Å². The van der Waals surface area contributed by atoms with Crippen LogP contribution in [0.25, 0.3) is 5.69 Å². The van der Waals surface area contributed by atoms with Crippen LogP contribution in [0.3, 0.4) is 0 Å². The number of rotatable bonds is 3. The summed E-state index contributed by atoms with van der Waals surface area (Å²) in [6.07, 6.45) is 0.305. The van der Waals surface area contributed by atoms with Crippen molar-refractivity contribution in [3.05, 3.63) is 76.5 Å². The number of hydrogen-bond donors (Lipinski definition) is 2. The highest BCUT2D eigenvalue weighted by atomic mass is 16.4. The Bertz CT molecular complexity index is 1030. The zero-order valence-corrected chi connectivity index (χ0v) is 15.1. The molecule has 0 unspecified atom stereocenters. The zero-order chi connectivity index (χ0) is 19.1. The van der Waals surface area contributed by atoms with Crippen LogP contribution in [0.2, 0.25) is 0 Å². The lowest BCUT2D eigenvalue weighted by Crippen LogP contribution is -2.25. The summed E-state index contributed by atoms with van der Waals surface area (Å²) < 4.78 is 1.76. The molecule has 1 aliphatic heterocycles. The summed E-state index contributed by atoms with van der Waals surface area (Å²) in [7, 11) is 0. The normalized spacial score (nSPS) is 15.9. The van der Waals surface area contributed by atoms with E-state index in [0.29, 0.717) is 12.2 Å². The molecule has 0 bridgehead atoms. The quantitative estimate of drug-likeness (QED) is 0.746. The van der Waals surface area contributed by atoms with Crippen molar-refractivity contribution in [1.29, 1.82) is 0 Å². The summed E-state index contributed by atoms with van der Waals surface area (Å²) in [4.78, 5) is 23.5. The number of fused-ring (bicyclic) bond motifs is 1. The highest BCUT2D eigenvalue weighted by Crippen LogP contribution is 2.40. The minimum Gasteiger partial charge on any atom is -0.478 e. The molecule has 6 nitrogen and oxygen atoms in total. The average molecular weight is 361 g/mol. The Morgan fingerprint density at radius 1 is 1.11 bits per heavy atom. The van der Waals surface area contributed by atoms with E-state index in [0.717, 1.165) is 28.1 Å². The number of anilines is 1. The molecule has 136 valence electrons. The summed E-state index contributed by atoms with van der Waals surface area (Å²) in [5.41, 5.74) is 4.98. The van der Waals surface area contributed by atoms with Gasteiger partial charge in [0.2, 0.25) is 5.91 Å². The van der Waals surface area contributed by atoms with Gasteiger partial charge in [-0.05, 0) is 43.7 Å². The number of carbonyl (C=O) groups excluding carboxylic acids is 1. The molecule has 1 aliphatic rings. The van der Waals surface area contributed by atoms with Crippen molar-refractivity contribution in [3.63, 3.8) is 0 Å². The molecule has 2 aromatic carbocycles. The molecular formula is C21H19N3O3. The number of benzene rings is 2. The van der Waals surface area contributed by atoms with Crippen molar-refractivity contribution in [1.82, 2.24) is 9.78 Å². The minimum absolute atomic E-state index is 0.0805. The van der Waals surface area contributed by atoms with E-state index in [-0.39, 0.29) is 17.4 Å². The highest BCUT2D eigenvalue weighted by Gasteiger charge is 2.32. The lowest BCUT2D eigenvalue weighted by Gasteiger charge is -2.24. The largest absolute Gasteiger partial charge is 0.478 e. The maximum Gasteiger partial charge on any atom is 0.335 e. The summed E-state index contributed by atoms with van der Waals surface area (Å²) in [6.45, 7) is 3.95. The van der Waals surface area contributed by atoms with Crippen LogP contribution < -0.4 is 5.32 Å². The molecule has 0 saturated carbocycles. The Kier molecular flexibility index (Phi) is 4.03. The van der Waals surface area contributed by atoms with E-state index in [1.807, 2.05) is 38.1 Å². The minimum atomic E-state index is -0.966. The lowest BCUT2D eigenvalue weighted by atomic mass is 9.85. The van der Waals surface area contributed by atoms with Gasteiger partial charge >= 0.3 is 5.97 Å². The molecule has 1 amide bonds. The predicted molar refractivity (Wildman–Crippen MR) is 102 cm³/mol. The van der Waals surface area contributed by atoms with Crippen LogP contribution in [0.1, 0.15) is 45.1 Å². The highest BCUT2D eigenvalue weighted by molar-refractivity contribution is 5.95. The third kappa shape index (κ3) is 2.99. The number of nitrogens with zero attached hydrogens (tertiary/aromatic N) is 2. The lowest BCUT2D eigenvalue weighted by molar-refractivity contribution is -0.116. The number of carbonyl (C=O) groups is 2. The third-order valence-corrected chi connectivity index (χ3v) is 4.94. The fourth-order valence-corrected chi connectivity index (χ4v) is 3.56. The van der Waals surface area contributed by atoms with Crippen LogP contribution in [-0.4, -0.2) is 26.8 Å². The van der Waals surface area contributed by atoms with Gasteiger partial charge in [0.05, 0.1) is 16.9 Å². The number of aromatic carboxylic acids is 1. The second-order valence-electron chi connectivity index (χ2n) is 6.83. The van der Waals surface area contributed by atoms with E-state index < -0.39 is 5.97 Å². The monoisotopic (exact) mass is 361 g/mol. The molecule has 0 fully saturated rings. The first kappa shape index (κ1) is 17.0. The molecule has 6 heteroatoms. The van der Waals surface area contributed by atoms with Crippen LogP contribution in [0, 0.1) is 13.8 Å². The van der Waals surface area contributed by atoms with Gasteiger partial charge in [-0.2, -0.15) is 5.10 Å². The van der Waals surface area contributed by atoms with Crippen molar-refractivity contribution in [2.45, 2.75) is 26.2 Å². The molecule has 1 atom stereocenters. The molecule has 0 aliphatic carbocycles. The first-order chi connectivity index (χ1) is 12.9. The number of amides is 1. The summed E-state index contributed by atoms with van der Waals surface area (Å²) in [6, 6.07) is 14.7. The van der Waals surface area contributed by atoms with E-state index >= 15 is 0 Å². The number of aryl methyl sites for hydroxylation is 2. The molecule has 1 aromatic heterocycles. The fourth-order valence-electron chi connectivity index (χ4n) is 3.56. The maximum atomic E-state index is 12.4. The molecule has 0 radical (unpaired) electrons. The maximum absolute atomic E-state index is 12.4. The molecule has 4 rings (SSSR count). The summed E-state index contributed by atoms with van der Waals surface area (Å²) >= 11 is 0. The molecule has 27 heavy (non-hydrogen) atoms. The van der Waals surface area contributed by atoms with E-state index in [9.17, 15) is 9.59 Å². The molecule has 0 saturated heterocycles. The Morgan fingerprint density at radius 2 is 1.78 bits per heavy atom. The van der Waals surface area contributed by atoms with E-state index in [1.54, 1.807) is 28.9 Å². The summed E-state index contributed by atoms with van der Waals surface area (Å²) in [5.74, 6) is -0.522. The van der Waals surface area contributed by atoms with Crippen molar-refractivity contribution >= 4 is 17.7 Å². The van der Waals surface area contributed by atoms with Gasteiger partial charge in [0.15, 0.2) is 0 Å². The number of aromatic nitrogens is 2. The predicted octanol–water partition coefficient (Wildman–Crippen LogP) is 3.66. The van der Waals surface area contributed by atoms with Crippen molar-refractivity contribution < 1.29 is 14.7 Å². The first-order valence-corrected chi connectivity index (χ1v) is 8.73. The summed E-state index contributed by atoms with van der Waals surface area (Å²) in [5, 5.41) is 16.7. The van der Waals surface area contributed by atoms with Gasteiger partial charge in [-0.15, -0.1) is 0 Å². The zero-order valence-electron chi connectivity index (χ0n) is 15.1. The van der Waals surface area contributed by atoms with Crippen LogP contribution >= 0.6 is 0 Å². The van der Waals surface area contributed by atoms with E-state index in [4.69, 9.17) is 5.11 Å². The van der Waals surface area contributed by atoms with Crippen molar-refractivity contribution in [2.24, 2.45) is 0 Å². The Balaban J connectivity index is 1.81. The van der Waals surface area contributed by atoms with Crippen molar-refractivity contribution in [3.8, 4) is 5.69 Å². The second kappa shape index (κ2) is 6.39. The molecular weight excluding hydrogens is 342 g/mol. The molecule has 2 heterocycles. The van der Waals surface area contributed by atoms with Gasteiger partial charge in [0.25, 0.3) is 0 Å². The number of carboxylic acid groups (broad SMARTS) is 1. The van der Waals surface area contributed by atoms with Crippen LogP contribution in [0.15, 0.2) is 48.5 Å². The van der Waals surface area contributed by atoms with Gasteiger partial charge in [-0.25, -0.2) is 9.48 Å². The van der Waals surface area contributed by atoms with Crippen LogP contribution in [-0.2, 0) is 4.79 Å². The smallest absolute Gasteiger partial charge is 0.335 e. The molecule has 0 spiro atoms. The van der Waals surface area contributed by atoms with Gasteiger partial charge in [-0.3, -0.25) is 4.79 Å². The molecule has 3 aromatic rings.